The highest BCUT2D eigenvalue weighted by molar-refractivity contribution is 6.30. The van der Waals surface area contributed by atoms with E-state index in [0.29, 0.717) is 42.7 Å². The molecule has 7 heteroatoms. The quantitative estimate of drug-likeness (QED) is 0.387. The van der Waals surface area contributed by atoms with Crippen LogP contribution < -0.4 is 16.0 Å². The second-order valence-electron chi connectivity index (χ2n) is 6.78. The molecule has 0 aromatic heterocycles. The van der Waals surface area contributed by atoms with Gasteiger partial charge in [-0.25, -0.2) is 0 Å². The molecule has 0 saturated carbocycles. The fourth-order valence-corrected chi connectivity index (χ4v) is 3.60. The number of hydrogen-bond acceptors (Lipinski definition) is 3. The Balaban J connectivity index is 1.40. The van der Waals surface area contributed by atoms with E-state index in [-0.39, 0.29) is 5.91 Å². The van der Waals surface area contributed by atoms with Crippen molar-refractivity contribution in [2.24, 2.45) is 4.99 Å². The Morgan fingerprint density at radius 3 is 2.77 bits per heavy atom. The van der Waals surface area contributed by atoms with Gasteiger partial charge in [-0.05, 0) is 56.9 Å². The van der Waals surface area contributed by atoms with Gasteiger partial charge < -0.3 is 20.7 Å². The average Bonchev–Trinajstić information content (AvgIpc) is 3.24. The number of aliphatic imine (C=N–C) groups is 1. The number of ether oxygens (including phenoxy) is 1. The highest BCUT2D eigenvalue weighted by Crippen LogP contribution is 2.34. The van der Waals surface area contributed by atoms with E-state index in [1.807, 2.05) is 6.92 Å². The molecule has 3 rings (SSSR count). The van der Waals surface area contributed by atoms with Crippen LogP contribution in [0.4, 0.5) is 5.69 Å². The van der Waals surface area contributed by atoms with Crippen LogP contribution in [0.3, 0.4) is 0 Å². The fourth-order valence-electron chi connectivity index (χ4n) is 3.47. The van der Waals surface area contributed by atoms with Crippen molar-refractivity contribution in [1.29, 1.82) is 0 Å². The van der Waals surface area contributed by atoms with E-state index < -0.39 is 0 Å². The summed E-state index contributed by atoms with van der Waals surface area (Å²) in [6.07, 6.45) is 5.22. The molecular formula is C19H27ClN4O2. The molecule has 2 bridgehead atoms. The molecule has 2 aliphatic heterocycles. The number of amides is 1. The Kier molecular flexibility index (Phi) is 6.74. The Labute approximate surface area is 159 Å². The zero-order chi connectivity index (χ0) is 18.4. The molecule has 1 aromatic rings. The molecule has 2 aliphatic rings. The lowest BCUT2D eigenvalue weighted by molar-refractivity contribution is -0.116. The Morgan fingerprint density at radius 2 is 2.12 bits per heavy atom. The first-order chi connectivity index (χ1) is 12.6. The minimum absolute atomic E-state index is 0.0121. The Hall–Kier alpha value is -1.79. The normalized spacial score (nSPS) is 24.5. The number of carbonyl (C=O) groups is 1. The molecule has 3 N–H and O–H groups in total. The lowest BCUT2D eigenvalue weighted by atomic mass is 9.96. The first kappa shape index (κ1) is 19.0. The first-order valence-corrected chi connectivity index (χ1v) is 9.77. The number of fused-ring (bicyclic) bond motifs is 2. The summed E-state index contributed by atoms with van der Waals surface area (Å²) in [5.41, 5.74) is 0.759. The van der Waals surface area contributed by atoms with Gasteiger partial charge in [0.05, 0.1) is 18.2 Å². The number of hydrogen-bond donors (Lipinski definition) is 3. The van der Waals surface area contributed by atoms with Crippen LogP contribution in [-0.2, 0) is 9.53 Å². The summed E-state index contributed by atoms with van der Waals surface area (Å²) >= 11 is 5.84. The minimum atomic E-state index is -0.0121. The number of benzene rings is 1. The summed E-state index contributed by atoms with van der Waals surface area (Å²) in [5.74, 6) is 0.800. The van der Waals surface area contributed by atoms with E-state index in [1.165, 1.54) is 6.42 Å². The number of anilines is 1. The van der Waals surface area contributed by atoms with Crippen LogP contribution in [0.15, 0.2) is 29.3 Å². The smallest absolute Gasteiger partial charge is 0.224 e. The molecule has 3 atom stereocenters. The van der Waals surface area contributed by atoms with Crippen LogP contribution >= 0.6 is 11.6 Å². The highest BCUT2D eigenvalue weighted by Gasteiger charge is 2.41. The monoisotopic (exact) mass is 378 g/mol. The molecule has 1 amide bonds. The molecular weight excluding hydrogens is 352 g/mol. The van der Waals surface area contributed by atoms with Crippen LogP contribution in [0.25, 0.3) is 0 Å². The largest absolute Gasteiger partial charge is 0.373 e. The summed E-state index contributed by atoms with van der Waals surface area (Å²) in [7, 11) is 0. The summed E-state index contributed by atoms with van der Waals surface area (Å²) in [6, 6.07) is 7.45. The topological polar surface area (TPSA) is 74.8 Å². The maximum atomic E-state index is 12.0. The number of rotatable bonds is 7. The van der Waals surface area contributed by atoms with Crippen molar-refractivity contribution in [3.8, 4) is 0 Å². The summed E-state index contributed by atoms with van der Waals surface area (Å²) in [6.45, 7) is 3.46. The molecule has 2 saturated heterocycles. The standard InChI is InChI=1S/C19H27ClN4O2/c1-2-21-19(24-16-12-15-9-10-17(16)26-15)22-11-3-4-18(25)23-14-7-5-13(20)6-8-14/h5-8,15-17H,2-4,9-12H2,1H3,(H,23,25)(H2,21,22,24). The summed E-state index contributed by atoms with van der Waals surface area (Å²) in [5, 5.41) is 10.3. The number of guanidine groups is 1. The second kappa shape index (κ2) is 9.24. The van der Waals surface area contributed by atoms with E-state index in [9.17, 15) is 4.79 Å². The van der Waals surface area contributed by atoms with Gasteiger partial charge in [0.1, 0.15) is 0 Å². The maximum Gasteiger partial charge on any atom is 0.224 e. The van der Waals surface area contributed by atoms with E-state index in [4.69, 9.17) is 16.3 Å². The maximum absolute atomic E-state index is 12.0. The van der Waals surface area contributed by atoms with Crippen molar-refractivity contribution in [3.63, 3.8) is 0 Å². The lowest BCUT2D eigenvalue weighted by Crippen LogP contribution is -2.47. The number of nitrogens with one attached hydrogen (secondary N) is 3. The summed E-state index contributed by atoms with van der Waals surface area (Å²) in [4.78, 5) is 16.6. The predicted molar refractivity (Wildman–Crippen MR) is 105 cm³/mol. The molecule has 1 aromatic carbocycles. The number of halogens is 1. The van der Waals surface area contributed by atoms with Crippen LogP contribution in [0.1, 0.15) is 39.0 Å². The second-order valence-corrected chi connectivity index (χ2v) is 7.22. The molecule has 2 fully saturated rings. The average molecular weight is 379 g/mol. The fraction of sp³-hybridized carbons (Fsp3) is 0.579. The van der Waals surface area contributed by atoms with Gasteiger partial charge in [0.2, 0.25) is 5.91 Å². The third-order valence-electron chi connectivity index (χ3n) is 4.73. The molecule has 26 heavy (non-hydrogen) atoms. The molecule has 142 valence electrons. The molecule has 3 unspecified atom stereocenters. The SMILES string of the molecule is CCNC(=NCCCC(=O)Nc1ccc(Cl)cc1)NC1CC2CCC1O2. The number of nitrogens with zero attached hydrogens (tertiary/aromatic N) is 1. The van der Waals surface area contributed by atoms with Crippen molar-refractivity contribution in [2.45, 2.75) is 57.3 Å². The Bertz CT molecular complexity index is 635. The van der Waals surface area contributed by atoms with Crippen molar-refractivity contribution < 1.29 is 9.53 Å². The lowest BCUT2D eigenvalue weighted by Gasteiger charge is -2.22. The molecule has 6 nitrogen and oxygen atoms in total. The van der Waals surface area contributed by atoms with Gasteiger partial charge in [-0.2, -0.15) is 0 Å². The minimum Gasteiger partial charge on any atom is -0.373 e. The van der Waals surface area contributed by atoms with Crippen LogP contribution in [0.2, 0.25) is 5.02 Å². The van der Waals surface area contributed by atoms with Crippen LogP contribution in [-0.4, -0.2) is 43.2 Å². The third kappa shape index (κ3) is 5.35. The van der Waals surface area contributed by atoms with E-state index in [1.54, 1.807) is 24.3 Å². The molecule has 2 heterocycles. The zero-order valence-electron chi connectivity index (χ0n) is 15.1. The Morgan fingerprint density at radius 1 is 1.31 bits per heavy atom. The highest BCUT2D eigenvalue weighted by atomic mass is 35.5. The molecule has 0 spiro atoms. The van der Waals surface area contributed by atoms with E-state index in [2.05, 4.69) is 20.9 Å². The van der Waals surface area contributed by atoms with Crippen LogP contribution in [0, 0.1) is 0 Å². The predicted octanol–water partition coefficient (Wildman–Crippen LogP) is 2.93. The van der Waals surface area contributed by atoms with E-state index in [0.717, 1.165) is 31.0 Å². The van der Waals surface area contributed by atoms with Gasteiger partial charge in [0.15, 0.2) is 5.96 Å². The van der Waals surface area contributed by atoms with Gasteiger partial charge in [-0.1, -0.05) is 11.6 Å². The van der Waals surface area contributed by atoms with Crippen molar-refractivity contribution in [3.05, 3.63) is 29.3 Å². The number of carbonyl (C=O) groups excluding carboxylic acids is 1. The van der Waals surface area contributed by atoms with Gasteiger partial charge in [-0.15, -0.1) is 0 Å². The molecule has 0 aliphatic carbocycles. The summed E-state index contributed by atoms with van der Waals surface area (Å²) < 4.78 is 5.88. The zero-order valence-corrected chi connectivity index (χ0v) is 15.9. The van der Waals surface area contributed by atoms with E-state index >= 15 is 0 Å². The van der Waals surface area contributed by atoms with Gasteiger partial charge >= 0.3 is 0 Å². The van der Waals surface area contributed by atoms with Gasteiger partial charge in [0.25, 0.3) is 0 Å². The van der Waals surface area contributed by atoms with Crippen LogP contribution in [0.5, 0.6) is 0 Å². The first-order valence-electron chi connectivity index (χ1n) is 9.39. The molecule has 0 radical (unpaired) electrons. The van der Waals surface area contributed by atoms with Crippen molar-refractivity contribution in [2.75, 3.05) is 18.4 Å². The van der Waals surface area contributed by atoms with Crippen molar-refractivity contribution >= 4 is 29.2 Å². The van der Waals surface area contributed by atoms with Crippen molar-refractivity contribution in [1.82, 2.24) is 10.6 Å². The van der Waals surface area contributed by atoms with Gasteiger partial charge in [-0.3, -0.25) is 9.79 Å². The van der Waals surface area contributed by atoms with Gasteiger partial charge in [0, 0.05) is 30.2 Å². The third-order valence-corrected chi connectivity index (χ3v) is 4.98.